The summed E-state index contributed by atoms with van der Waals surface area (Å²) in [6, 6.07) is -1.51. The molecule has 0 radical (unpaired) electrons. The second kappa shape index (κ2) is 11.2. The Morgan fingerprint density at radius 3 is 2.42 bits per heavy atom. The van der Waals surface area contributed by atoms with E-state index in [4.69, 9.17) is 10.3 Å². The van der Waals surface area contributed by atoms with Crippen LogP contribution < -0.4 is 11.1 Å². The molecule has 0 saturated heterocycles. The van der Waals surface area contributed by atoms with Gasteiger partial charge in [0.05, 0.1) is 0 Å². The molecule has 4 N–H and O–H groups in total. The highest BCUT2D eigenvalue weighted by atomic mass is 32.2. The number of amides is 2. The maximum atomic E-state index is 12.0. The van der Waals surface area contributed by atoms with Gasteiger partial charge in [0.2, 0.25) is 11.8 Å². The summed E-state index contributed by atoms with van der Waals surface area (Å²) in [6.07, 6.45) is 14.5. The minimum atomic E-state index is -4.46. The molecular weight excluding hydrogens is 416 g/mol. The lowest BCUT2D eigenvalue weighted by Gasteiger charge is -2.32. The standard InChI is InChI=1S/C23H34N2O5S/c1-16(11-12-19-18(3)10-7-13-23(19,4)5)8-6-9-17(2)14-21(26)25-20(22(24)27)15-31(28,29)30/h6,8-9,11-12,14,20H,7,10,13,15H2,1-5H3,(H2,24,27)(H,25,26)(H,28,29,30)/b9-6?,12-11?,16-8?,17-14-/t20-/m0/s1. The van der Waals surface area contributed by atoms with Gasteiger partial charge in [0.1, 0.15) is 11.8 Å². The normalized spacial score (nSPS) is 19.2. The number of nitrogens with two attached hydrogens (primary N) is 1. The Kier molecular flexibility index (Phi) is 9.65. The third-order valence-electron chi connectivity index (χ3n) is 5.17. The van der Waals surface area contributed by atoms with Crippen LogP contribution >= 0.6 is 0 Å². The molecule has 1 rings (SSSR count). The summed E-state index contributed by atoms with van der Waals surface area (Å²) >= 11 is 0. The number of carbonyl (C=O) groups is 2. The maximum absolute atomic E-state index is 12.0. The fourth-order valence-corrected chi connectivity index (χ4v) is 4.18. The molecule has 7 nitrogen and oxygen atoms in total. The van der Waals surface area contributed by atoms with Crippen molar-refractivity contribution in [2.45, 2.75) is 59.9 Å². The minimum Gasteiger partial charge on any atom is -0.368 e. The first-order valence-corrected chi connectivity index (χ1v) is 11.8. The molecule has 0 heterocycles. The summed E-state index contributed by atoms with van der Waals surface area (Å²) in [5, 5.41) is 2.18. The van der Waals surface area contributed by atoms with E-state index >= 15 is 0 Å². The van der Waals surface area contributed by atoms with E-state index in [-0.39, 0.29) is 5.41 Å². The van der Waals surface area contributed by atoms with Gasteiger partial charge in [-0.25, -0.2) is 0 Å². The van der Waals surface area contributed by atoms with E-state index in [0.29, 0.717) is 5.57 Å². The van der Waals surface area contributed by atoms with Crippen LogP contribution in [0.5, 0.6) is 0 Å². The van der Waals surface area contributed by atoms with Crippen LogP contribution in [-0.2, 0) is 19.7 Å². The molecule has 0 saturated carbocycles. The lowest BCUT2D eigenvalue weighted by molar-refractivity contribution is -0.124. The summed E-state index contributed by atoms with van der Waals surface area (Å²) in [5.74, 6) is -2.71. The van der Waals surface area contributed by atoms with Gasteiger partial charge in [0, 0.05) is 6.08 Å². The van der Waals surface area contributed by atoms with Gasteiger partial charge >= 0.3 is 0 Å². The van der Waals surface area contributed by atoms with Crippen molar-refractivity contribution in [3.8, 4) is 0 Å². The van der Waals surface area contributed by atoms with Crippen LogP contribution in [0.4, 0.5) is 0 Å². The molecule has 0 fully saturated rings. The lowest BCUT2D eigenvalue weighted by Crippen LogP contribution is -2.48. The molecular formula is C23H34N2O5S. The third-order valence-corrected chi connectivity index (χ3v) is 5.92. The van der Waals surface area contributed by atoms with Gasteiger partial charge in [0.25, 0.3) is 10.1 Å². The van der Waals surface area contributed by atoms with Crippen molar-refractivity contribution in [1.82, 2.24) is 5.32 Å². The Morgan fingerprint density at radius 2 is 1.87 bits per heavy atom. The van der Waals surface area contributed by atoms with Crippen LogP contribution in [0, 0.1) is 5.41 Å². The predicted molar refractivity (Wildman–Crippen MR) is 124 cm³/mol. The Balaban J connectivity index is 2.77. The first kappa shape index (κ1) is 26.6. The Bertz CT molecular complexity index is 950. The summed E-state index contributed by atoms with van der Waals surface area (Å²) < 4.78 is 30.7. The highest BCUT2D eigenvalue weighted by Crippen LogP contribution is 2.40. The van der Waals surface area contributed by atoms with E-state index in [2.05, 4.69) is 38.2 Å². The number of nitrogens with one attached hydrogen (secondary N) is 1. The van der Waals surface area contributed by atoms with Crippen LogP contribution in [-0.4, -0.2) is 36.6 Å². The maximum Gasteiger partial charge on any atom is 0.267 e. The molecule has 1 atom stereocenters. The molecule has 0 unspecified atom stereocenters. The highest BCUT2D eigenvalue weighted by molar-refractivity contribution is 7.85. The number of rotatable bonds is 9. The van der Waals surface area contributed by atoms with Crippen molar-refractivity contribution in [3.63, 3.8) is 0 Å². The number of primary amides is 1. The summed E-state index contributed by atoms with van der Waals surface area (Å²) in [4.78, 5) is 23.2. The Labute approximate surface area is 185 Å². The molecule has 0 aromatic carbocycles. The molecule has 0 bridgehead atoms. The highest BCUT2D eigenvalue weighted by Gasteiger charge is 2.26. The van der Waals surface area contributed by atoms with Crippen LogP contribution in [0.15, 0.2) is 58.7 Å². The lowest BCUT2D eigenvalue weighted by atomic mass is 9.72. The SMILES string of the molecule is CC(C=CC1=C(C)CCCC1(C)C)=CC=C/C(C)=C\C(=O)N[C@@H](CS(=O)(=O)O)C(N)=O. The van der Waals surface area contributed by atoms with Crippen LogP contribution in [0.25, 0.3) is 0 Å². The fourth-order valence-electron chi connectivity index (χ4n) is 3.51. The molecule has 2 amide bonds. The number of carbonyl (C=O) groups excluding carboxylic acids is 2. The topological polar surface area (TPSA) is 127 Å². The van der Waals surface area contributed by atoms with Crippen molar-refractivity contribution < 1.29 is 22.6 Å². The second-order valence-corrected chi connectivity index (χ2v) is 10.1. The first-order valence-electron chi connectivity index (χ1n) is 10.2. The molecule has 1 aliphatic rings. The molecule has 172 valence electrons. The largest absolute Gasteiger partial charge is 0.368 e. The Hall–Kier alpha value is -2.45. The van der Waals surface area contributed by atoms with Crippen molar-refractivity contribution in [2.24, 2.45) is 11.1 Å². The van der Waals surface area contributed by atoms with Gasteiger partial charge < -0.3 is 11.1 Å². The second-order valence-electron chi connectivity index (χ2n) is 8.64. The van der Waals surface area contributed by atoms with E-state index < -0.39 is 33.7 Å². The third kappa shape index (κ3) is 9.93. The fraction of sp³-hybridized carbons (Fsp3) is 0.478. The van der Waals surface area contributed by atoms with Gasteiger partial charge in [-0.1, -0.05) is 55.4 Å². The molecule has 0 aliphatic heterocycles. The minimum absolute atomic E-state index is 0.180. The zero-order valence-corrected chi connectivity index (χ0v) is 19.8. The summed E-state index contributed by atoms with van der Waals surface area (Å²) in [5.41, 5.74) is 9.71. The van der Waals surface area contributed by atoms with Crippen molar-refractivity contribution in [3.05, 3.63) is 58.7 Å². The zero-order valence-electron chi connectivity index (χ0n) is 18.9. The van der Waals surface area contributed by atoms with E-state index in [9.17, 15) is 18.0 Å². The molecule has 0 spiro atoms. The first-order chi connectivity index (χ1) is 14.2. The summed E-state index contributed by atoms with van der Waals surface area (Å²) in [6.45, 7) is 10.4. The average Bonchev–Trinajstić information content (AvgIpc) is 2.58. The Morgan fingerprint density at radius 1 is 1.23 bits per heavy atom. The molecule has 1 aliphatic carbocycles. The van der Waals surface area contributed by atoms with Crippen molar-refractivity contribution in [1.29, 1.82) is 0 Å². The van der Waals surface area contributed by atoms with Crippen LogP contribution in [0.2, 0.25) is 0 Å². The van der Waals surface area contributed by atoms with E-state index in [1.807, 2.05) is 13.0 Å². The quantitative estimate of drug-likeness (QED) is 0.282. The van der Waals surface area contributed by atoms with Gasteiger partial charge in [-0.3, -0.25) is 14.1 Å². The van der Waals surface area contributed by atoms with E-state index in [1.54, 1.807) is 19.1 Å². The number of allylic oxidation sites excluding steroid dienone is 9. The van der Waals surface area contributed by atoms with Crippen molar-refractivity contribution >= 4 is 21.9 Å². The monoisotopic (exact) mass is 450 g/mol. The van der Waals surface area contributed by atoms with Crippen molar-refractivity contribution in [2.75, 3.05) is 5.75 Å². The molecule has 0 aromatic rings. The van der Waals surface area contributed by atoms with Crippen LogP contribution in [0.1, 0.15) is 53.9 Å². The molecule has 31 heavy (non-hydrogen) atoms. The molecule has 8 heteroatoms. The van der Waals surface area contributed by atoms with E-state index in [1.165, 1.54) is 30.1 Å². The molecule has 0 aromatic heterocycles. The van der Waals surface area contributed by atoms with Gasteiger partial charge in [-0.15, -0.1) is 0 Å². The zero-order chi connectivity index (χ0) is 23.8. The number of hydrogen-bond donors (Lipinski definition) is 3. The van der Waals surface area contributed by atoms with Gasteiger partial charge in [-0.2, -0.15) is 8.42 Å². The average molecular weight is 451 g/mol. The summed E-state index contributed by atoms with van der Waals surface area (Å²) in [7, 11) is -4.46. The van der Waals surface area contributed by atoms with E-state index in [0.717, 1.165) is 12.0 Å². The van der Waals surface area contributed by atoms with Crippen LogP contribution in [0.3, 0.4) is 0 Å². The predicted octanol–water partition coefficient (Wildman–Crippen LogP) is 3.38. The number of hydrogen-bond acceptors (Lipinski definition) is 4. The van der Waals surface area contributed by atoms with Gasteiger partial charge in [0.15, 0.2) is 0 Å². The smallest absolute Gasteiger partial charge is 0.267 e. The van der Waals surface area contributed by atoms with Gasteiger partial charge in [-0.05, 0) is 56.6 Å².